The van der Waals surface area contributed by atoms with Crippen molar-refractivity contribution in [3.8, 4) is 0 Å². The van der Waals surface area contributed by atoms with Crippen molar-refractivity contribution >= 4 is 23.2 Å². The zero-order valence-corrected chi connectivity index (χ0v) is 15.7. The van der Waals surface area contributed by atoms with Gasteiger partial charge in [-0.1, -0.05) is 17.7 Å². The second kappa shape index (κ2) is 7.36. The lowest BCUT2D eigenvalue weighted by atomic mass is 10.1. The van der Waals surface area contributed by atoms with Gasteiger partial charge < -0.3 is 14.3 Å². The van der Waals surface area contributed by atoms with E-state index in [1.807, 2.05) is 41.3 Å². The summed E-state index contributed by atoms with van der Waals surface area (Å²) in [7, 11) is 0. The summed E-state index contributed by atoms with van der Waals surface area (Å²) in [5, 5.41) is 4.77. The molecule has 1 aliphatic rings. The number of carbonyl (C=O) groups is 2. The summed E-state index contributed by atoms with van der Waals surface area (Å²) in [6, 6.07) is 11.1. The van der Waals surface area contributed by atoms with Crippen molar-refractivity contribution < 1.29 is 14.0 Å². The highest BCUT2D eigenvalue weighted by Crippen LogP contribution is 2.20. The Hall–Kier alpha value is -2.93. The molecular weight excluding hydrogens is 362 g/mol. The summed E-state index contributed by atoms with van der Waals surface area (Å²) in [5.74, 6) is 0.485. The second-order valence-electron chi connectivity index (χ2n) is 6.61. The Bertz CT molecular complexity index is 1060. The molecule has 0 bridgehead atoms. The van der Waals surface area contributed by atoms with E-state index >= 15 is 0 Å². The molecule has 2 amide bonds. The van der Waals surface area contributed by atoms with Gasteiger partial charge in [0.1, 0.15) is 5.76 Å². The van der Waals surface area contributed by atoms with Crippen molar-refractivity contribution in [1.29, 1.82) is 0 Å². The number of nitrogens with one attached hydrogen (secondary N) is 1. The molecule has 1 aliphatic carbocycles. The molecule has 2 heterocycles. The molecule has 7 heteroatoms. The Kier molecular flexibility index (Phi) is 4.77. The topological polar surface area (TPSA) is 76.6 Å². The molecule has 138 valence electrons. The molecule has 2 aromatic heterocycles. The summed E-state index contributed by atoms with van der Waals surface area (Å²) < 4.78 is 7.49. The molecule has 0 radical (unpaired) electrons. The van der Waals surface area contributed by atoms with E-state index < -0.39 is 0 Å². The van der Waals surface area contributed by atoms with Crippen LogP contribution in [0.25, 0.3) is 0 Å². The van der Waals surface area contributed by atoms with Crippen molar-refractivity contribution in [3.05, 3.63) is 75.4 Å². The molecular formula is C20H19N3O3S. The summed E-state index contributed by atoms with van der Waals surface area (Å²) in [6.45, 7) is 2.34. The summed E-state index contributed by atoms with van der Waals surface area (Å²) >= 11 is 1.38. The molecule has 0 aliphatic heterocycles. The zero-order chi connectivity index (χ0) is 18.8. The number of carbonyl (C=O) groups excluding carboxylic acids is 2. The third-order valence-corrected chi connectivity index (χ3v) is 5.04. The fourth-order valence-electron chi connectivity index (χ4n) is 2.67. The van der Waals surface area contributed by atoms with Gasteiger partial charge in [0, 0.05) is 23.2 Å². The van der Waals surface area contributed by atoms with Crippen LogP contribution in [0, 0.1) is 6.92 Å². The molecule has 1 aromatic carbocycles. The molecule has 6 nitrogen and oxygen atoms in total. The predicted molar refractivity (Wildman–Crippen MR) is 102 cm³/mol. The van der Waals surface area contributed by atoms with Gasteiger partial charge in [-0.15, -0.1) is 11.3 Å². The first-order chi connectivity index (χ1) is 13.1. The highest BCUT2D eigenvalue weighted by atomic mass is 32.1. The van der Waals surface area contributed by atoms with Gasteiger partial charge in [-0.05, 0) is 44.0 Å². The van der Waals surface area contributed by atoms with E-state index in [0.717, 1.165) is 18.4 Å². The van der Waals surface area contributed by atoms with E-state index in [1.165, 1.54) is 11.3 Å². The molecule has 0 unspecified atom stereocenters. The van der Waals surface area contributed by atoms with Crippen molar-refractivity contribution in [3.63, 3.8) is 0 Å². The highest BCUT2D eigenvalue weighted by Gasteiger charge is 2.25. The third-order valence-electron chi connectivity index (χ3n) is 4.25. The first-order valence-corrected chi connectivity index (χ1v) is 9.66. The number of rotatable bonds is 5. The maximum absolute atomic E-state index is 12.4. The molecule has 1 N–H and O–H groups in total. The van der Waals surface area contributed by atoms with E-state index in [1.54, 1.807) is 18.2 Å². The van der Waals surface area contributed by atoms with Crippen molar-refractivity contribution in [1.82, 2.24) is 9.88 Å². The SMILES string of the molecule is Cc1cccc(C(=O)N=c2sccn2Cc2ccc(C(=O)NC3CC3)o2)c1. The van der Waals surface area contributed by atoms with Crippen LogP contribution in [0.3, 0.4) is 0 Å². The molecule has 1 fully saturated rings. The van der Waals surface area contributed by atoms with Gasteiger partial charge in [-0.2, -0.15) is 4.99 Å². The number of hydrogen-bond donors (Lipinski definition) is 1. The van der Waals surface area contributed by atoms with Crippen LogP contribution < -0.4 is 10.1 Å². The number of benzene rings is 1. The number of amides is 2. The number of thiazole rings is 1. The van der Waals surface area contributed by atoms with Crippen molar-refractivity contribution in [2.24, 2.45) is 4.99 Å². The van der Waals surface area contributed by atoms with Crippen molar-refractivity contribution in [2.45, 2.75) is 32.4 Å². The Morgan fingerprint density at radius 3 is 2.93 bits per heavy atom. The Morgan fingerprint density at radius 2 is 2.15 bits per heavy atom. The summed E-state index contributed by atoms with van der Waals surface area (Å²) in [5.41, 5.74) is 1.58. The second-order valence-corrected chi connectivity index (χ2v) is 7.49. The van der Waals surface area contributed by atoms with Crippen LogP contribution in [0.15, 0.2) is 57.4 Å². The maximum Gasteiger partial charge on any atom is 0.287 e. The zero-order valence-electron chi connectivity index (χ0n) is 14.8. The monoisotopic (exact) mass is 381 g/mol. The number of aromatic nitrogens is 1. The lowest BCUT2D eigenvalue weighted by Crippen LogP contribution is -2.24. The van der Waals surface area contributed by atoms with Gasteiger partial charge in [-0.3, -0.25) is 9.59 Å². The molecule has 1 saturated carbocycles. The number of hydrogen-bond acceptors (Lipinski definition) is 4. The van der Waals surface area contributed by atoms with E-state index in [0.29, 0.717) is 28.4 Å². The van der Waals surface area contributed by atoms with Crippen LogP contribution in [0.2, 0.25) is 0 Å². The lowest BCUT2D eigenvalue weighted by Gasteiger charge is -2.01. The summed E-state index contributed by atoms with van der Waals surface area (Å²) in [4.78, 5) is 29.3. The maximum atomic E-state index is 12.4. The van der Waals surface area contributed by atoms with Crippen LogP contribution in [0.4, 0.5) is 0 Å². The van der Waals surface area contributed by atoms with Crippen LogP contribution in [-0.2, 0) is 6.54 Å². The van der Waals surface area contributed by atoms with E-state index in [-0.39, 0.29) is 17.9 Å². The predicted octanol–water partition coefficient (Wildman–Crippen LogP) is 3.13. The van der Waals surface area contributed by atoms with E-state index in [2.05, 4.69) is 10.3 Å². The Labute approximate surface area is 160 Å². The smallest absolute Gasteiger partial charge is 0.287 e. The van der Waals surface area contributed by atoms with Crippen LogP contribution in [0.5, 0.6) is 0 Å². The fraction of sp³-hybridized carbons (Fsp3) is 0.250. The minimum absolute atomic E-state index is 0.182. The van der Waals surface area contributed by atoms with Crippen LogP contribution in [0.1, 0.15) is 45.1 Å². The summed E-state index contributed by atoms with van der Waals surface area (Å²) in [6.07, 6.45) is 3.91. The number of furan rings is 1. The van der Waals surface area contributed by atoms with E-state index in [9.17, 15) is 9.59 Å². The first kappa shape index (κ1) is 17.5. The fourth-order valence-corrected chi connectivity index (χ4v) is 3.40. The third kappa shape index (κ3) is 4.25. The molecule has 3 aromatic rings. The Morgan fingerprint density at radius 1 is 1.30 bits per heavy atom. The van der Waals surface area contributed by atoms with Crippen molar-refractivity contribution in [2.75, 3.05) is 0 Å². The van der Waals surface area contributed by atoms with Gasteiger partial charge >= 0.3 is 0 Å². The first-order valence-electron chi connectivity index (χ1n) is 8.78. The normalized spacial score (nSPS) is 14.3. The van der Waals surface area contributed by atoms with Gasteiger partial charge in [-0.25, -0.2) is 0 Å². The average molecular weight is 381 g/mol. The van der Waals surface area contributed by atoms with Crippen LogP contribution in [-0.4, -0.2) is 22.4 Å². The molecule has 0 spiro atoms. The van der Waals surface area contributed by atoms with Gasteiger partial charge in [0.05, 0.1) is 6.54 Å². The molecule has 27 heavy (non-hydrogen) atoms. The van der Waals surface area contributed by atoms with Gasteiger partial charge in [0.15, 0.2) is 10.6 Å². The molecule has 0 atom stereocenters. The van der Waals surface area contributed by atoms with Gasteiger partial charge in [0.25, 0.3) is 11.8 Å². The minimum Gasteiger partial charge on any atom is -0.454 e. The number of nitrogens with zero attached hydrogens (tertiary/aromatic N) is 2. The largest absolute Gasteiger partial charge is 0.454 e. The van der Waals surface area contributed by atoms with Gasteiger partial charge in [0.2, 0.25) is 0 Å². The standard InChI is InChI=1S/C20H19N3O3S/c1-13-3-2-4-14(11-13)18(24)22-20-23(9-10-27-20)12-16-7-8-17(26-16)19(25)21-15-5-6-15/h2-4,7-11,15H,5-6,12H2,1H3,(H,21,25). The quantitative estimate of drug-likeness (QED) is 0.738. The molecule has 4 rings (SSSR count). The minimum atomic E-state index is -0.279. The van der Waals surface area contributed by atoms with Crippen LogP contribution >= 0.6 is 11.3 Å². The Balaban J connectivity index is 1.51. The number of aryl methyl sites for hydroxylation is 1. The van der Waals surface area contributed by atoms with E-state index in [4.69, 9.17) is 4.42 Å². The molecule has 0 saturated heterocycles. The lowest BCUT2D eigenvalue weighted by molar-refractivity contribution is 0.0920. The average Bonchev–Trinajstić information content (AvgIpc) is 3.16. The highest BCUT2D eigenvalue weighted by molar-refractivity contribution is 7.07.